The molecule has 2 N–H and O–H groups in total. The smallest absolute Gasteiger partial charge is 0.182 e. The molecule has 0 fully saturated rings. The van der Waals surface area contributed by atoms with Crippen LogP contribution in [0.25, 0.3) is 0 Å². The van der Waals surface area contributed by atoms with Crippen LogP contribution in [0.15, 0.2) is 45.8 Å². The summed E-state index contributed by atoms with van der Waals surface area (Å²) in [4.78, 5) is 0.366. The summed E-state index contributed by atoms with van der Waals surface area (Å²) in [6, 6.07) is 10.6. The van der Waals surface area contributed by atoms with Crippen molar-refractivity contribution in [1.82, 2.24) is 0 Å². The average molecular weight is 354 g/mol. The largest absolute Gasteiger partial charge is 0.398 e. The maximum Gasteiger partial charge on any atom is 0.182 e. The molecule has 0 bridgehead atoms. The Bertz CT molecular complexity index is 754. The summed E-state index contributed by atoms with van der Waals surface area (Å²) in [5, 5.41) is 0. The Morgan fingerprint density at radius 2 is 1.80 bits per heavy atom. The van der Waals surface area contributed by atoms with E-state index in [-0.39, 0.29) is 5.75 Å². The highest BCUT2D eigenvalue weighted by atomic mass is 79.9. The Hall–Kier alpha value is -1.33. The number of rotatable bonds is 3. The summed E-state index contributed by atoms with van der Waals surface area (Å²) in [5.74, 6) is -0.0873. The Morgan fingerprint density at radius 1 is 1.10 bits per heavy atom. The average Bonchev–Trinajstić information content (AvgIpc) is 2.32. The molecule has 2 aromatic rings. The summed E-state index contributed by atoms with van der Waals surface area (Å²) in [6.45, 7) is 3.75. The number of anilines is 1. The fourth-order valence-corrected chi connectivity index (χ4v) is 4.16. The number of hydrogen-bond donors (Lipinski definition) is 1. The van der Waals surface area contributed by atoms with Crippen LogP contribution in [0.3, 0.4) is 0 Å². The van der Waals surface area contributed by atoms with Crippen molar-refractivity contribution in [3.05, 3.63) is 57.6 Å². The van der Waals surface area contributed by atoms with Crippen molar-refractivity contribution in [3.8, 4) is 0 Å². The molecule has 0 saturated heterocycles. The van der Waals surface area contributed by atoms with Crippen LogP contribution in [0.2, 0.25) is 0 Å². The molecule has 0 saturated carbocycles. The van der Waals surface area contributed by atoms with E-state index in [9.17, 15) is 8.42 Å². The standard InChI is InChI=1S/C15H16BrNO2S/c1-10-3-6-15(11(2)7-10)20(18,19)9-12-4-5-13(16)8-14(12)17/h3-8H,9,17H2,1-2H3. The van der Waals surface area contributed by atoms with E-state index in [0.29, 0.717) is 16.1 Å². The second kappa shape index (κ2) is 5.58. The number of aryl methyl sites for hydroxylation is 2. The van der Waals surface area contributed by atoms with Gasteiger partial charge in [0.25, 0.3) is 0 Å². The SMILES string of the molecule is Cc1ccc(S(=O)(=O)Cc2ccc(Br)cc2N)c(C)c1. The first-order chi connectivity index (χ1) is 9.29. The third-order valence-corrected chi connectivity index (χ3v) is 5.43. The lowest BCUT2D eigenvalue weighted by Gasteiger charge is -2.10. The van der Waals surface area contributed by atoms with Gasteiger partial charge in [-0.25, -0.2) is 8.42 Å². The Labute approximate surface area is 127 Å². The molecule has 0 aromatic heterocycles. The summed E-state index contributed by atoms with van der Waals surface area (Å²) < 4.78 is 25.8. The van der Waals surface area contributed by atoms with Gasteiger partial charge >= 0.3 is 0 Å². The van der Waals surface area contributed by atoms with Gasteiger partial charge in [-0.2, -0.15) is 0 Å². The van der Waals surface area contributed by atoms with Crippen molar-refractivity contribution in [3.63, 3.8) is 0 Å². The van der Waals surface area contributed by atoms with Crippen molar-refractivity contribution < 1.29 is 8.42 Å². The molecular weight excluding hydrogens is 338 g/mol. The highest BCUT2D eigenvalue weighted by Gasteiger charge is 2.19. The number of nitrogen functional groups attached to an aromatic ring is 1. The lowest BCUT2D eigenvalue weighted by Crippen LogP contribution is -2.08. The van der Waals surface area contributed by atoms with Gasteiger partial charge in [0.2, 0.25) is 0 Å². The van der Waals surface area contributed by atoms with Crippen LogP contribution in [0.4, 0.5) is 5.69 Å². The number of benzene rings is 2. The molecule has 0 atom stereocenters. The first-order valence-corrected chi connectivity index (χ1v) is 8.58. The molecule has 0 aliphatic heterocycles. The van der Waals surface area contributed by atoms with Gasteiger partial charge in [0.15, 0.2) is 9.84 Å². The van der Waals surface area contributed by atoms with Crippen LogP contribution in [0.5, 0.6) is 0 Å². The van der Waals surface area contributed by atoms with Gasteiger partial charge in [-0.15, -0.1) is 0 Å². The fourth-order valence-electron chi connectivity index (χ4n) is 2.13. The molecule has 2 aromatic carbocycles. The van der Waals surface area contributed by atoms with Gasteiger partial charge in [-0.1, -0.05) is 39.7 Å². The minimum absolute atomic E-state index is 0.0873. The summed E-state index contributed by atoms with van der Waals surface area (Å²) in [7, 11) is -3.39. The van der Waals surface area contributed by atoms with Gasteiger partial charge in [-0.05, 0) is 43.2 Å². The van der Waals surface area contributed by atoms with E-state index in [1.54, 1.807) is 24.3 Å². The maximum atomic E-state index is 12.5. The highest BCUT2D eigenvalue weighted by Crippen LogP contribution is 2.25. The van der Waals surface area contributed by atoms with Gasteiger partial charge in [0.1, 0.15) is 0 Å². The van der Waals surface area contributed by atoms with E-state index in [1.807, 2.05) is 26.0 Å². The lowest BCUT2D eigenvalue weighted by atomic mass is 10.2. The third kappa shape index (κ3) is 3.22. The minimum Gasteiger partial charge on any atom is -0.398 e. The van der Waals surface area contributed by atoms with E-state index in [2.05, 4.69) is 15.9 Å². The molecule has 0 radical (unpaired) electrons. The number of nitrogens with two attached hydrogens (primary N) is 1. The van der Waals surface area contributed by atoms with E-state index in [1.165, 1.54) is 0 Å². The predicted octanol–water partition coefficient (Wildman–Crippen LogP) is 3.62. The van der Waals surface area contributed by atoms with Crippen LogP contribution in [-0.4, -0.2) is 8.42 Å². The van der Waals surface area contributed by atoms with Crippen molar-refractivity contribution in [1.29, 1.82) is 0 Å². The van der Waals surface area contributed by atoms with E-state index in [0.717, 1.165) is 15.6 Å². The molecule has 20 heavy (non-hydrogen) atoms. The normalized spacial score (nSPS) is 11.6. The van der Waals surface area contributed by atoms with Crippen molar-refractivity contribution in [2.45, 2.75) is 24.5 Å². The van der Waals surface area contributed by atoms with Crippen molar-refractivity contribution >= 4 is 31.5 Å². The Balaban J connectivity index is 2.41. The fraction of sp³-hybridized carbons (Fsp3) is 0.200. The third-order valence-electron chi connectivity index (χ3n) is 3.12. The number of hydrogen-bond acceptors (Lipinski definition) is 3. The first-order valence-electron chi connectivity index (χ1n) is 6.13. The number of sulfone groups is 1. The molecule has 2 rings (SSSR count). The predicted molar refractivity (Wildman–Crippen MR) is 85.4 cm³/mol. The molecule has 3 nitrogen and oxygen atoms in total. The topological polar surface area (TPSA) is 60.2 Å². The second-order valence-electron chi connectivity index (χ2n) is 4.87. The van der Waals surface area contributed by atoms with Crippen LogP contribution in [0.1, 0.15) is 16.7 Å². The van der Waals surface area contributed by atoms with Crippen LogP contribution in [0, 0.1) is 13.8 Å². The zero-order valence-corrected chi connectivity index (χ0v) is 13.8. The zero-order valence-electron chi connectivity index (χ0n) is 11.4. The maximum absolute atomic E-state index is 12.5. The summed E-state index contributed by atoms with van der Waals surface area (Å²) >= 11 is 3.31. The van der Waals surface area contributed by atoms with E-state index < -0.39 is 9.84 Å². The molecule has 0 heterocycles. The molecule has 0 spiro atoms. The molecule has 0 unspecified atom stereocenters. The second-order valence-corrected chi connectivity index (χ2v) is 7.74. The minimum atomic E-state index is -3.39. The monoisotopic (exact) mass is 353 g/mol. The van der Waals surface area contributed by atoms with Crippen molar-refractivity contribution in [2.24, 2.45) is 0 Å². The lowest BCUT2D eigenvalue weighted by molar-refractivity contribution is 0.594. The summed E-state index contributed by atoms with van der Waals surface area (Å²) in [6.07, 6.45) is 0. The molecule has 0 amide bonds. The molecule has 5 heteroatoms. The van der Waals surface area contributed by atoms with Gasteiger partial charge < -0.3 is 5.73 Å². The Morgan fingerprint density at radius 3 is 2.40 bits per heavy atom. The molecular formula is C15H16BrNO2S. The van der Waals surface area contributed by atoms with Crippen LogP contribution >= 0.6 is 15.9 Å². The van der Waals surface area contributed by atoms with Crippen LogP contribution in [-0.2, 0) is 15.6 Å². The van der Waals surface area contributed by atoms with Crippen LogP contribution < -0.4 is 5.73 Å². The summed E-state index contributed by atoms with van der Waals surface area (Å²) in [5.41, 5.74) is 8.78. The Kier molecular flexibility index (Phi) is 4.20. The van der Waals surface area contributed by atoms with E-state index in [4.69, 9.17) is 5.73 Å². The zero-order chi connectivity index (χ0) is 14.9. The van der Waals surface area contributed by atoms with Crippen molar-refractivity contribution in [2.75, 3.05) is 5.73 Å². The number of halogens is 1. The van der Waals surface area contributed by atoms with Gasteiger partial charge in [0.05, 0.1) is 10.6 Å². The van der Waals surface area contributed by atoms with Gasteiger partial charge in [-0.3, -0.25) is 0 Å². The quantitative estimate of drug-likeness (QED) is 0.857. The van der Waals surface area contributed by atoms with Gasteiger partial charge in [0, 0.05) is 10.2 Å². The molecule has 0 aliphatic carbocycles. The molecule has 106 valence electrons. The first kappa shape index (κ1) is 15.1. The molecule has 0 aliphatic rings. The van der Waals surface area contributed by atoms with E-state index >= 15 is 0 Å². The highest BCUT2D eigenvalue weighted by molar-refractivity contribution is 9.10.